The van der Waals surface area contributed by atoms with Crippen molar-refractivity contribution in [3.63, 3.8) is 0 Å². The Labute approximate surface area is 135 Å². The van der Waals surface area contributed by atoms with Crippen LogP contribution in [-0.2, 0) is 12.0 Å². The van der Waals surface area contributed by atoms with E-state index in [-0.39, 0.29) is 6.42 Å². The monoisotopic (exact) mass is 376 g/mol. The van der Waals surface area contributed by atoms with Gasteiger partial charge in [-0.05, 0) is 36.8 Å². The first-order valence-corrected chi connectivity index (χ1v) is 7.46. The molecule has 20 heavy (non-hydrogen) atoms. The van der Waals surface area contributed by atoms with Crippen molar-refractivity contribution < 1.29 is 9.50 Å². The Morgan fingerprint density at radius 1 is 1.20 bits per heavy atom. The van der Waals surface area contributed by atoms with Crippen LogP contribution in [0.3, 0.4) is 0 Å². The molecule has 0 fully saturated rings. The van der Waals surface area contributed by atoms with Gasteiger partial charge < -0.3 is 5.11 Å². The maximum atomic E-state index is 13.8. The fourth-order valence-electron chi connectivity index (χ4n) is 2.06. The highest BCUT2D eigenvalue weighted by Gasteiger charge is 2.27. The number of hydrogen-bond acceptors (Lipinski definition) is 1. The fourth-order valence-corrected chi connectivity index (χ4v) is 3.09. The van der Waals surface area contributed by atoms with Gasteiger partial charge in [-0.3, -0.25) is 0 Å². The average Bonchev–Trinajstić information content (AvgIpc) is 2.32. The quantitative estimate of drug-likeness (QED) is 0.764. The molecule has 0 heterocycles. The molecule has 1 N–H and O–H groups in total. The first-order chi connectivity index (χ1) is 9.29. The van der Waals surface area contributed by atoms with Crippen molar-refractivity contribution in [1.82, 2.24) is 0 Å². The second kappa shape index (κ2) is 6.02. The van der Waals surface area contributed by atoms with Gasteiger partial charge in [0, 0.05) is 26.5 Å². The summed E-state index contributed by atoms with van der Waals surface area (Å²) < 4.78 is 14.6. The minimum Gasteiger partial charge on any atom is -0.385 e. The minimum absolute atomic E-state index is 0.108. The Morgan fingerprint density at radius 2 is 1.90 bits per heavy atom. The number of benzene rings is 2. The molecular weight excluding hydrogens is 366 g/mol. The van der Waals surface area contributed by atoms with E-state index in [0.29, 0.717) is 21.2 Å². The molecule has 2 aromatic carbocycles. The molecule has 5 heteroatoms. The predicted octanol–water partition coefficient (Wildman–Crippen LogP) is 5.35. The highest BCUT2D eigenvalue weighted by molar-refractivity contribution is 9.10. The lowest BCUT2D eigenvalue weighted by atomic mass is 9.89. The van der Waals surface area contributed by atoms with Crippen LogP contribution in [0.1, 0.15) is 18.1 Å². The zero-order valence-corrected chi connectivity index (χ0v) is 13.7. The van der Waals surface area contributed by atoms with Crippen molar-refractivity contribution in [3.8, 4) is 0 Å². The van der Waals surface area contributed by atoms with Crippen molar-refractivity contribution >= 4 is 39.1 Å². The smallest absolute Gasteiger partial charge is 0.127 e. The molecule has 0 aliphatic heterocycles. The van der Waals surface area contributed by atoms with E-state index in [2.05, 4.69) is 15.9 Å². The molecular formula is C15H12BrCl2FO. The molecule has 1 nitrogen and oxygen atoms in total. The van der Waals surface area contributed by atoms with Gasteiger partial charge in [0.2, 0.25) is 0 Å². The molecule has 0 spiro atoms. The highest BCUT2D eigenvalue weighted by Crippen LogP contribution is 2.33. The molecule has 0 aliphatic rings. The standard InChI is InChI=1S/C15H12BrCl2FO/c1-15(20,12-5-3-10(16)6-13(12)18)8-9-2-4-11(17)7-14(9)19/h2-7,20H,8H2,1H3. The van der Waals surface area contributed by atoms with E-state index < -0.39 is 11.4 Å². The van der Waals surface area contributed by atoms with Crippen LogP contribution in [0.2, 0.25) is 10.0 Å². The van der Waals surface area contributed by atoms with Gasteiger partial charge >= 0.3 is 0 Å². The summed E-state index contributed by atoms with van der Waals surface area (Å²) in [7, 11) is 0. The summed E-state index contributed by atoms with van der Waals surface area (Å²) in [5.41, 5.74) is -0.331. The van der Waals surface area contributed by atoms with Crippen LogP contribution < -0.4 is 0 Å². The van der Waals surface area contributed by atoms with E-state index in [1.54, 1.807) is 37.3 Å². The zero-order valence-electron chi connectivity index (χ0n) is 10.6. The van der Waals surface area contributed by atoms with E-state index in [1.165, 1.54) is 6.07 Å². The van der Waals surface area contributed by atoms with E-state index in [0.717, 1.165) is 4.47 Å². The third-order valence-corrected chi connectivity index (χ3v) is 4.10. The van der Waals surface area contributed by atoms with Crippen molar-refractivity contribution in [2.75, 3.05) is 0 Å². The molecule has 0 radical (unpaired) electrons. The van der Waals surface area contributed by atoms with Gasteiger partial charge in [0.15, 0.2) is 0 Å². The number of halogens is 4. The second-order valence-corrected chi connectivity index (χ2v) is 6.57. The molecule has 0 aromatic heterocycles. The van der Waals surface area contributed by atoms with Gasteiger partial charge in [-0.25, -0.2) is 4.39 Å². The van der Waals surface area contributed by atoms with Crippen molar-refractivity contribution in [2.45, 2.75) is 18.9 Å². The molecule has 0 saturated carbocycles. The van der Waals surface area contributed by atoms with E-state index >= 15 is 0 Å². The highest BCUT2D eigenvalue weighted by atomic mass is 79.9. The second-order valence-electron chi connectivity index (χ2n) is 4.81. The van der Waals surface area contributed by atoms with Gasteiger partial charge in [-0.15, -0.1) is 0 Å². The largest absolute Gasteiger partial charge is 0.385 e. The fraction of sp³-hybridized carbons (Fsp3) is 0.200. The van der Waals surface area contributed by atoms with E-state index in [9.17, 15) is 9.50 Å². The molecule has 1 atom stereocenters. The number of rotatable bonds is 3. The number of aliphatic hydroxyl groups is 1. The van der Waals surface area contributed by atoms with E-state index in [1.807, 2.05) is 0 Å². The molecule has 2 rings (SSSR count). The van der Waals surface area contributed by atoms with Crippen LogP contribution in [0, 0.1) is 5.82 Å². The molecule has 0 bridgehead atoms. The summed E-state index contributed by atoms with van der Waals surface area (Å²) in [5, 5.41) is 11.4. The Bertz CT molecular complexity index is 644. The average molecular weight is 378 g/mol. The first-order valence-electron chi connectivity index (χ1n) is 5.91. The van der Waals surface area contributed by atoms with Crippen LogP contribution >= 0.6 is 39.1 Å². The number of hydrogen-bond donors (Lipinski definition) is 1. The van der Waals surface area contributed by atoms with Crippen molar-refractivity contribution in [2.24, 2.45) is 0 Å². The Morgan fingerprint density at radius 3 is 2.50 bits per heavy atom. The summed E-state index contributed by atoms with van der Waals surface area (Å²) >= 11 is 15.2. The van der Waals surface area contributed by atoms with Crippen LogP contribution in [0.15, 0.2) is 40.9 Å². The zero-order chi connectivity index (χ0) is 14.9. The van der Waals surface area contributed by atoms with Gasteiger partial charge in [-0.1, -0.05) is 51.3 Å². The van der Waals surface area contributed by atoms with Gasteiger partial charge in [0.1, 0.15) is 5.82 Å². The lowest BCUT2D eigenvalue weighted by Gasteiger charge is -2.25. The summed E-state index contributed by atoms with van der Waals surface area (Å²) in [6.07, 6.45) is 0.108. The first kappa shape index (κ1) is 15.8. The summed E-state index contributed by atoms with van der Waals surface area (Å²) in [6, 6.07) is 9.60. The third-order valence-electron chi connectivity index (χ3n) is 3.06. The maximum absolute atomic E-state index is 13.8. The summed E-state index contributed by atoms with van der Waals surface area (Å²) in [4.78, 5) is 0. The summed E-state index contributed by atoms with van der Waals surface area (Å²) in [6.45, 7) is 1.61. The molecule has 0 amide bonds. The topological polar surface area (TPSA) is 20.2 Å². The normalized spacial score (nSPS) is 14.1. The van der Waals surface area contributed by atoms with Gasteiger partial charge in [0.05, 0.1) is 5.60 Å². The van der Waals surface area contributed by atoms with Crippen LogP contribution in [0.4, 0.5) is 4.39 Å². The van der Waals surface area contributed by atoms with Gasteiger partial charge in [0.25, 0.3) is 0 Å². The summed E-state index contributed by atoms with van der Waals surface area (Å²) in [5.74, 6) is -0.439. The maximum Gasteiger partial charge on any atom is 0.127 e. The molecule has 1 unspecified atom stereocenters. The Kier molecular flexibility index (Phi) is 4.75. The lowest BCUT2D eigenvalue weighted by molar-refractivity contribution is 0.0568. The van der Waals surface area contributed by atoms with Crippen LogP contribution in [-0.4, -0.2) is 5.11 Å². The van der Waals surface area contributed by atoms with Gasteiger partial charge in [-0.2, -0.15) is 0 Å². The molecule has 0 saturated heterocycles. The minimum atomic E-state index is -1.27. The molecule has 2 aromatic rings. The Hall–Kier alpha value is -0.610. The third kappa shape index (κ3) is 3.53. The predicted molar refractivity (Wildman–Crippen MR) is 83.8 cm³/mol. The van der Waals surface area contributed by atoms with Crippen molar-refractivity contribution in [3.05, 3.63) is 67.9 Å². The lowest BCUT2D eigenvalue weighted by Crippen LogP contribution is -2.25. The molecule has 106 valence electrons. The molecule has 0 aliphatic carbocycles. The van der Waals surface area contributed by atoms with Crippen LogP contribution in [0.5, 0.6) is 0 Å². The van der Waals surface area contributed by atoms with Crippen LogP contribution in [0.25, 0.3) is 0 Å². The van der Waals surface area contributed by atoms with E-state index in [4.69, 9.17) is 23.2 Å². The van der Waals surface area contributed by atoms with Crippen molar-refractivity contribution in [1.29, 1.82) is 0 Å². The SMILES string of the molecule is CC(O)(Cc1ccc(Cl)cc1F)c1ccc(Br)cc1Cl. The Balaban J connectivity index is 2.35.